The summed E-state index contributed by atoms with van der Waals surface area (Å²) < 4.78 is 38.5. The molecule has 0 bridgehead atoms. The monoisotopic (exact) mass is 262 g/mol. The maximum Gasteiger partial charge on any atom is 0.438 e. The van der Waals surface area contributed by atoms with E-state index in [0.717, 1.165) is 0 Å². The summed E-state index contributed by atoms with van der Waals surface area (Å²) >= 11 is 0. The molecule has 6 nitrogen and oxygen atoms in total. The molecule has 9 heteroatoms. The molecule has 1 amide bonds. The lowest BCUT2D eigenvalue weighted by atomic mass is 10.1. The number of alkyl halides is 3. The number of carbonyl (C=O) groups is 1. The van der Waals surface area contributed by atoms with Crippen molar-refractivity contribution in [1.29, 1.82) is 0 Å². The molecule has 0 radical (unpaired) electrons. The fourth-order valence-electron chi connectivity index (χ4n) is 1.64. The van der Waals surface area contributed by atoms with E-state index in [2.05, 4.69) is 15.3 Å². The molecule has 1 unspecified atom stereocenters. The Kier molecular flexibility index (Phi) is 2.65. The van der Waals surface area contributed by atoms with E-state index in [-0.39, 0.29) is 16.4 Å². The van der Waals surface area contributed by atoms with E-state index in [1.165, 1.54) is 19.2 Å². The van der Waals surface area contributed by atoms with Gasteiger partial charge in [0.2, 0.25) is 0 Å². The van der Waals surface area contributed by atoms with E-state index < -0.39 is 24.2 Å². The fourth-order valence-corrected chi connectivity index (χ4v) is 1.64. The van der Waals surface area contributed by atoms with Gasteiger partial charge in [0.1, 0.15) is 5.69 Å². The minimum atomic E-state index is -5.00. The van der Waals surface area contributed by atoms with Crippen molar-refractivity contribution in [1.82, 2.24) is 15.2 Å². The molecule has 0 aromatic carbocycles. The summed E-state index contributed by atoms with van der Waals surface area (Å²) in [5, 5.41) is 18.8. The van der Waals surface area contributed by atoms with E-state index in [0.29, 0.717) is 0 Å². The topological polar surface area (TPSA) is 81.6 Å². The van der Waals surface area contributed by atoms with Crippen molar-refractivity contribution in [3.8, 4) is 0 Å². The maximum atomic E-state index is 12.8. The van der Waals surface area contributed by atoms with E-state index in [4.69, 9.17) is 0 Å². The van der Waals surface area contributed by atoms with Crippen molar-refractivity contribution < 1.29 is 23.1 Å². The number of halogens is 3. The Morgan fingerprint density at radius 2 is 2.28 bits per heavy atom. The number of aromatic amines is 1. The van der Waals surface area contributed by atoms with Crippen LogP contribution in [0.5, 0.6) is 0 Å². The van der Waals surface area contributed by atoms with Gasteiger partial charge < -0.3 is 5.11 Å². The molecule has 0 fully saturated rings. The van der Waals surface area contributed by atoms with Crippen LogP contribution in [0.4, 0.5) is 13.2 Å². The summed E-state index contributed by atoms with van der Waals surface area (Å²) in [4.78, 5) is 11.8. The van der Waals surface area contributed by atoms with E-state index in [1.54, 1.807) is 0 Å². The van der Waals surface area contributed by atoms with Crippen LogP contribution in [0, 0.1) is 0 Å². The first-order chi connectivity index (χ1) is 8.25. The van der Waals surface area contributed by atoms with Gasteiger partial charge in [0.05, 0.1) is 0 Å². The number of nitrogens with one attached hydrogen (secondary N) is 1. The molecule has 1 aromatic heterocycles. The molecule has 1 aromatic rings. The van der Waals surface area contributed by atoms with Crippen LogP contribution in [-0.2, 0) is 0 Å². The third-order valence-electron chi connectivity index (χ3n) is 2.50. The van der Waals surface area contributed by atoms with Gasteiger partial charge in [-0.3, -0.25) is 9.89 Å². The van der Waals surface area contributed by atoms with E-state index in [9.17, 15) is 23.1 Å². The zero-order chi connectivity index (χ0) is 13.6. The van der Waals surface area contributed by atoms with Gasteiger partial charge >= 0.3 is 6.18 Å². The Bertz CT molecular complexity index is 496. The quantitative estimate of drug-likeness (QED) is 0.788. The van der Waals surface area contributed by atoms with Crippen LogP contribution in [0.25, 0.3) is 0 Å². The zero-order valence-corrected chi connectivity index (χ0v) is 9.19. The number of amides is 1. The summed E-state index contributed by atoms with van der Waals surface area (Å²) in [6.07, 6.45) is -4.55. The molecule has 0 saturated carbocycles. The molecule has 2 rings (SSSR count). The Balaban J connectivity index is 2.39. The molecule has 0 aliphatic carbocycles. The smallest absolute Gasteiger partial charge is 0.362 e. The predicted octanol–water partition coefficient (Wildman–Crippen LogP) is 0.882. The van der Waals surface area contributed by atoms with Crippen molar-refractivity contribution in [3.63, 3.8) is 0 Å². The van der Waals surface area contributed by atoms with Gasteiger partial charge in [0.25, 0.3) is 11.6 Å². The second-order valence-corrected chi connectivity index (χ2v) is 3.91. The summed E-state index contributed by atoms with van der Waals surface area (Å²) in [5.74, 6) is -1.09. The van der Waals surface area contributed by atoms with Gasteiger partial charge in [-0.2, -0.15) is 28.4 Å². The second kappa shape index (κ2) is 3.80. The molecular weight excluding hydrogens is 253 g/mol. The van der Waals surface area contributed by atoms with Gasteiger partial charge in [-0.15, -0.1) is 0 Å². The third-order valence-corrected chi connectivity index (χ3v) is 2.50. The average Bonchev–Trinajstić information content (AvgIpc) is 2.84. The Morgan fingerprint density at radius 1 is 1.61 bits per heavy atom. The first-order valence-electron chi connectivity index (χ1n) is 4.93. The molecule has 0 spiro atoms. The lowest BCUT2D eigenvalue weighted by Crippen LogP contribution is -2.56. The fraction of sp³-hybridized carbons (Fsp3) is 0.444. The normalized spacial score (nSPS) is 24.3. The number of aromatic nitrogens is 2. The third kappa shape index (κ3) is 1.76. The van der Waals surface area contributed by atoms with Gasteiger partial charge in [0, 0.05) is 18.3 Å². The minimum absolute atomic E-state index is 0.0164. The van der Waals surface area contributed by atoms with E-state index >= 15 is 0 Å². The van der Waals surface area contributed by atoms with Crippen molar-refractivity contribution >= 4 is 11.6 Å². The van der Waals surface area contributed by atoms with Crippen LogP contribution < -0.4 is 0 Å². The van der Waals surface area contributed by atoms with Crippen LogP contribution >= 0.6 is 0 Å². The number of rotatable bonds is 1. The summed E-state index contributed by atoms with van der Waals surface area (Å²) in [6.45, 7) is 1.30. The van der Waals surface area contributed by atoms with Gasteiger partial charge in [-0.25, -0.2) is 0 Å². The summed E-state index contributed by atoms with van der Waals surface area (Å²) in [7, 11) is 0. The number of hydrogen-bond acceptors (Lipinski definition) is 4. The standard InChI is InChI=1S/C9H9F3N4O2/c1-5-4-8(18,9(10,11)12)16(15-5)7(17)6-2-3-13-14-6/h2-3,18H,4H2,1H3,(H,13,14). The van der Waals surface area contributed by atoms with Gasteiger partial charge in [-0.05, 0) is 13.0 Å². The van der Waals surface area contributed by atoms with E-state index in [1.807, 2.05) is 0 Å². The SMILES string of the molecule is CC1=NN(C(=O)c2ccn[nH]2)C(O)(C(F)(F)F)C1. The molecule has 98 valence electrons. The molecule has 18 heavy (non-hydrogen) atoms. The summed E-state index contributed by atoms with van der Waals surface area (Å²) in [6, 6.07) is 1.20. The average molecular weight is 262 g/mol. The van der Waals surface area contributed by atoms with Gasteiger partial charge in [-0.1, -0.05) is 0 Å². The van der Waals surface area contributed by atoms with Crippen molar-refractivity contribution in [2.45, 2.75) is 25.2 Å². The van der Waals surface area contributed by atoms with Crippen LogP contribution in [0.2, 0.25) is 0 Å². The Labute approximate surface area is 99.1 Å². The highest BCUT2D eigenvalue weighted by atomic mass is 19.4. The number of nitrogens with zero attached hydrogens (tertiary/aromatic N) is 3. The highest BCUT2D eigenvalue weighted by Gasteiger charge is 2.62. The number of hydrazone groups is 1. The molecule has 2 N–H and O–H groups in total. The van der Waals surface area contributed by atoms with Gasteiger partial charge in [0.15, 0.2) is 0 Å². The van der Waals surface area contributed by atoms with Crippen LogP contribution in [-0.4, -0.2) is 43.8 Å². The van der Waals surface area contributed by atoms with Crippen LogP contribution in [0.1, 0.15) is 23.8 Å². The summed E-state index contributed by atoms with van der Waals surface area (Å²) in [5.41, 5.74) is -3.47. The molecule has 1 atom stereocenters. The number of aliphatic hydroxyl groups is 1. The van der Waals surface area contributed by atoms with Crippen molar-refractivity contribution in [2.24, 2.45) is 5.10 Å². The molecule has 1 aliphatic heterocycles. The Morgan fingerprint density at radius 3 is 2.78 bits per heavy atom. The van der Waals surface area contributed by atoms with Crippen molar-refractivity contribution in [2.75, 3.05) is 0 Å². The lowest BCUT2D eigenvalue weighted by molar-refractivity contribution is -0.297. The van der Waals surface area contributed by atoms with Crippen molar-refractivity contribution in [3.05, 3.63) is 18.0 Å². The molecular formula is C9H9F3N4O2. The lowest BCUT2D eigenvalue weighted by Gasteiger charge is -2.32. The first kappa shape index (κ1) is 12.6. The highest BCUT2D eigenvalue weighted by Crippen LogP contribution is 2.40. The highest BCUT2D eigenvalue weighted by molar-refractivity contribution is 5.96. The first-order valence-corrected chi connectivity index (χ1v) is 4.93. The number of hydrogen-bond donors (Lipinski definition) is 2. The maximum absolute atomic E-state index is 12.8. The number of H-pyrrole nitrogens is 1. The molecule has 2 heterocycles. The minimum Gasteiger partial charge on any atom is -0.362 e. The van der Waals surface area contributed by atoms with Crippen LogP contribution in [0.3, 0.4) is 0 Å². The molecule has 0 saturated heterocycles. The second-order valence-electron chi connectivity index (χ2n) is 3.91. The molecule has 1 aliphatic rings. The predicted molar refractivity (Wildman–Crippen MR) is 53.5 cm³/mol. The number of carbonyl (C=O) groups excluding carboxylic acids is 1. The largest absolute Gasteiger partial charge is 0.438 e. The Hall–Kier alpha value is -1.90. The zero-order valence-electron chi connectivity index (χ0n) is 9.19. The van der Waals surface area contributed by atoms with Crippen LogP contribution in [0.15, 0.2) is 17.4 Å².